The summed E-state index contributed by atoms with van der Waals surface area (Å²) in [6.45, 7) is 0. The fourth-order valence-electron chi connectivity index (χ4n) is 2.14. The van der Waals surface area contributed by atoms with Crippen molar-refractivity contribution in [1.82, 2.24) is 0 Å². The molecule has 7 heteroatoms. The van der Waals surface area contributed by atoms with Gasteiger partial charge in [0, 0.05) is 6.04 Å². The quantitative estimate of drug-likeness (QED) is 0.815. The maximum absolute atomic E-state index is 12.9. The van der Waals surface area contributed by atoms with Crippen LogP contribution in [0, 0.1) is 5.92 Å². The Morgan fingerprint density at radius 1 is 1.05 bits per heavy atom. The van der Waals surface area contributed by atoms with Crippen molar-refractivity contribution in [2.75, 3.05) is 0 Å². The van der Waals surface area contributed by atoms with E-state index in [-0.39, 0.29) is 12.3 Å². The van der Waals surface area contributed by atoms with E-state index in [0.29, 0.717) is 18.2 Å². The highest BCUT2D eigenvalue weighted by Crippen LogP contribution is 2.42. The van der Waals surface area contributed by atoms with Gasteiger partial charge >= 0.3 is 12.4 Å². The van der Waals surface area contributed by atoms with Crippen molar-refractivity contribution in [3.63, 3.8) is 0 Å². The molecule has 20 heavy (non-hydrogen) atoms. The van der Waals surface area contributed by atoms with Crippen LogP contribution in [0.4, 0.5) is 26.3 Å². The Hall–Kier alpha value is -1.24. The van der Waals surface area contributed by atoms with Crippen LogP contribution in [0.25, 0.3) is 0 Å². The second-order valence-corrected chi connectivity index (χ2v) is 5.08. The zero-order valence-electron chi connectivity index (χ0n) is 10.4. The molecule has 1 atom stereocenters. The zero-order valence-corrected chi connectivity index (χ0v) is 10.4. The first-order valence-corrected chi connectivity index (χ1v) is 6.13. The molecule has 0 spiro atoms. The fourth-order valence-corrected chi connectivity index (χ4v) is 2.14. The highest BCUT2D eigenvalue weighted by Gasteiger charge is 2.38. The van der Waals surface area contributed by atoms with Crippen molar-refractivity contribution in [2.45, 2.75) is 37.7 Å². The summed E-state index contributed by atoms with van der Waals surface area (Å²) in [5, 5.41) is 0. The van der Waals surface area contributed by atoms with Gasteiger partial charge in [-0.3, -0.25) is 0 Å². The second kappa shape index (κ2) is 4.95. The SMILES string of the molecule is N[C@H](CC1CC1)c1cc(C(F)(F)F)ccc1C(F)(F)F. The summed E-state index contributed by atoms with van der Waals surface area (Å²) in [6, 6.07) is 0.401. The van der Waals surface area contributed by atoms with E-state index >= 15 is 0 Å². The van der Waals surface area contributed by atoms with Crippen molar-refractivity contribution in [2.24, 2.45) is 11.7 Å². The van der Waals surface area contributed by atoms with E-state index in [9.17, 15) is 26.3 Å². The minimum Gasteiger partial charge on any atom is -0.324 e. The average Bonchev–Trinajstić information content (AvgIpc) is 3.09. The molecule has 0 aliphatic heterocycles. The topological polar surface area (TPSA) is 26.0 Å². The first kappa shape index (κ1) is 15.2. The van der Waals surface area contributed by atoms with Crippen molar-refractivity contribution < 1.29 is 26.3 Å². The number of hydrogen-bond acceptors (Lipinski definition) is 1. The third kappa shape index (κ3) is 3.45. The van der Waals surface area contributed by atoms with Crippen LogP contribution in [0.1, 0.15) is 42.0 Å². The Morgan fingerprint density at radius 3 is 2.10 bits per heavy atom. The van der Waals surface area contributed by atoms with E-state index in [1.807, 2.05) is 0 Å². The second-order valence-electron chi connectivity index (χ2n) is 5.08. The molecule has 0 amide bonds. The lowest BCUT2D eigenvalue weighted by molar-refractivity contribution is -0.142. The van der Waals surface area contributed by atoms with E-state index in [2.05, 4.69) is 0 Å². The predicted octanol–water partition coefficient (Wildman–Crippen LogP) is 4.52. The Balaban J connectivity index is 2.41. The Morgan fingerprint density at radius 2 is 1.65 bits per heavy atom. The third-order valence-electron chi connectivity index (χ3n) is 3.37. The van der Waals surface area contributed by atoms with Gasteiger partial charge in [0.25, 0.3) is 0 Å². The van der Waals surface area contributed by atoms with Gasteiger partial charge in [-0.05, 0) is 36.1 Å². The minimum atomic E-state index is -4.71. The molecular formula is C13H13F6N. The van der Waals surface area contributed by atoms with Gasteiger partial charge in [0.15, 0.2) is 0 Å². The summed E-state index contributed by atoms with van der Waals surface area (Å²) < 4.78 is 76.4. The van der Waals surface area contributed by atoms with Crippen molar-refractivity contribution in [3.05, 3.63) is 34.9 Å². The van der Waals surface area contributed by atoms with Crippen LogP contribution in [-0.2, 0) is 12.4 Å². The molecule has 0 heterocycles. The van der Waals surface area contributed by atoms with Crippen LogP contribution in [-0.4, -0.2) is 0 Å². The number of alkyl halides is 6. The molecule has 0 bridgehead atoms. The number of halogens is 6. The molecule has 0 aromatic heterocycles. The normalized spacial score (nSPS) is 18.1. The number of nitrogens with two attached hydrogens (primary N) is 1. The van der Waals surface area contributed by atoms with Gasteiger partial charge in [0.1, 0.15) is 0 Å². The molecule has 1 aliphatic carbocycles. The van der Waals surface area contributed by atoms with Crippen molar-refractivity contribution in [1.29, 1.82) is 0 Å². The summed E-state index contributed by atoms with van der Waals surface area (Å²) in [4.78, 5) is 0. The van der Waals surface area contributed by atoms with Gasteiger partial charge < -0.3 is 5.73 Å². The Kier molecular flexibility index (Phi) is 3.75. The molecule has 0 saturated heterocycles. The van der Waals surface area contributed by atoms with E-state index < -0.39 is 35.1 Å². The van der Waals surface area contributed by atoms with Gasteiger partial charge in [-0.1, -0.05) is 12.8 Å². The Labute approximate surface area is 111 Å². The maximum Gasteiger partial charge on any atom is 0.416 e. The first-order chi connectivity index (χ1) is 9.09. The predicted molar refractivity (Wildman–Crippen MR) is 60.7 cm³/mol. The molecule has 2 rings (SSSR count). The first-order valence-electron chi connectivity index (χ1n) is 6.13. The summed E-state index contributed by atoms with van der Waals surface area (Å²) >= 11 is 0. The van der Waals surface area contributed by atoms with E-state index in [1.165, 1.54) is 0 Å². The van der Waals surface area contributed by atoms with Crippen LogP contribution >= 0.6 is 0 Å². The van der Waals surface area contributed by atoms with E-state index in [1.54, 1.807) is 0 Å². The molecule has 1 saturated carbocycles. The highest BCUT2D eigenvalue weighted by molar-refractivity contribution is 5.37. The van der Waals surface area contributed by atoms with Crippen molar-refractivity contribution in [3.8, 4) is 0 Å². The summed E-state index contributed by atoms with van der Waals surface area (Å²) in [5.74, 6) is 0.223. The molecule has 1 nitrogen and oxygen atoms in total. The zero-order chi connectivity index (χ0) is 15.1. The van der Waals surface area contributed by atoms with Crippen LogP contribution in [0.15, 0.2) is 18.2 Å². The van der Waals surface area contributed by atoms with Gasteiger partial charge in [-0.2, -0.15) is 26.3 Å². The van der Waals surface area contributed by atoms with Crippen LogP contribution in [0.2, 0.25) is 0 Å². The van der Waals surface area contributed by atoms with E-state index in [0.717, 1.165) is 12.8 Å². The smallest absolute Gasteiger partial charge is 0.324 e. The molecule has 1 aromatic carbocycles. The highest BCUT2D eigenvalue weighted by atomic mass is 19.4. The van der Waals surface area contributed by atoms with Gasteiger partial charge in [-0.25, -0.2) is 0 Å². The largest absolute Gasteiger partial charge is 0.416 e. The van der Waals surface area contributed by atoms with Gasteiger partial charge in [0.05, 0.1) is 11.1 Å². The molecule has 0 radical (unpaired) electrons. The van der Waals surface area contributed by atoms with Gasteiger partial charge in [-0.15, -0.1) is 0 Å². The van der Waals surface area contributed by atoms with Crippen LogP contribution in [0.3, 0.4) is 0 Å². The number of benzene rings is 1. The molecule has 1 aliphatic rings. The summed E-state index contributed by atoms with van der Waals surface area (Å²) in [7, 11) is 0. The minimum absolute atomic E-state index is 0.223. The number of hydrogen-bond donors (Lipinski definition) is 1. The Bertz CT molecular complexity index is 487. The maximum atomic E-state index is 12.9. The lowest BCUT2D eigenvalue weighted by Gasteiger charge is -2.20. The summed E-state index contributed by atoms with van der Waals surface area (Å²) in [6.07, 6.45) is -7.37. The fraction of sp³-hybridized carbons (Fsp3) is 0.538. The lowest BCUT2D eigenvalue weighted by Crippen LogP contribution is -2.19. The lowest BCUT2D eigenvalue weighted by atomic mass is 9.94. The van der Waals surface area contributed by atoms with Gasteiger partial charge in [0.2, 0.25) is 0 Å². The van der Waals surface area contributed by atoms with Crippen LogP contribution < -0.4 is 5.73 Å². The van der Waals surface area contributed by atoms with Crippen LogP contribution in [0.5, 0.6) is 0 Å². The molecule has 0 unspecified atom stereocenters. The monoisotopic (exact) mass is 297 g/mol. The van der Waals surface area contributed by atoms with Crippen molar-refractivity contribution >= 4 is 0 Å². The third-order valence-corrected chi connectivity index (χ3v) is 3.37. The molecule has 1 fully saturated rings. The molecular weight excluding hydrogens is 284 g/mol. The summed E-state index contributed by atoms with van der Waals surface area (Å²) in [5.41, 5.74) is 3.02. The van der Waals surface area contributed by atoms with E-state index in [4.69, 9.17) is 5.73 Å². The molecule has 1 aromatic rings. The molecule has 2 N–H and O–H groups in total. The number of rotatable bonds is 3. The average molecular weight is 297 g/mol. The standard InChI is InChI=1S/C13H13F6N/c14-12(15,16)8-3-4-10(13(17,18)19)9(6-8)11(20)5-7-1-2-7/h3-4,6-7,11H,1-2,5,20H2/t11-/m1/s1. The molecule has 112 valence electrons.